The lowest BCUT2D eigenvalue weighted by Crippen LogP contribution is -2.39. The van der Waals surface area contributed by atoms with Crippen LogP contribution in [-0.4, -0.2) is 84.6 Å². The minimum Gasteiger partial charge on any atom is -0.465 e. The first-order valence-corrected chi connectivity index (χ1v) is 13.5. The van der Waals surface area contributed by atoms with Gasteiger partial charge in [-0.1, -0.05) is 24.3 Å². The molecule has 2 heterocycles. The first kappa shape index (κ1) is 30.3. The maximum absolute atomic E-state index is 13.6. The zero-order chi connectivity index (χ0) is 30.6. The van der Waals surface area contributed by atoms with Gasteiger partial charge in [0.25, 0.3) is 17.5 Å². The van der Waals surface area contributed by atoms with Gasteiger partial charge in [0.2, 0.25) is 0 Å². The number of nitro groups is 1. The van der Waals surface area contributed by atoms with Crippen LogP contribution in [0.1, 0.15) is 52.5 Å². The highest BCUT2D eigenvalue weighted by atomic mass is 16.6. The van der Waals surface area contributed by atoms with Crippen LogP contribution in [0.4, 0.5) is 5.69 Å². The monoisotopic (exact) mass is 576 g/mol. The summed E-state index contributed by atoms with van der Waals surface area (Å²) in [6.07, 6.45) is 0.390. The van der Waals surface area contributed by atoms with Gasteiger partial charge >= 0.3 is 11.9 Å². The summed E-state index contributed by atoms with van der Waals surface area (Å²) in [5.74, 6) is -4.40. The second-order valence-electron chi connectivity index (χ2n) is 10.2. The maximum Gasteiger partial charge on any atom is 0.336 e. The van der Waals surface area contributed by atoms with Crippen molar-refractivity contribution >= 4 is 35.2 Å². The normalized spacial score (nSPS) is 18.2. The van der Waals surface area contributed by atoms with Crippen molar-refractivity contribution in [1.29, 1.82) is 0 Å². The van der Waals surface area contributed by atoms with E-state index in [-0.39, 0.29) is 42.1 Å². The number of nitrogens with zero attached hydrogens (tertiary/aromatic N) is 4. The minimum atomic E-state index is -1.03. The van der Waals surface area contributed by atoms with Crippen molar-refractivity contribution in [2.45, 2.75) is 26.2 Å². The van der Waals surface area contributed by atoms with Gasteiger partial charge in [-0.05, 0) is 52.1 Å². The van der Waals surface area contributed by atoms with Gasteiger partial charge in [0, 0.05) is 36.0 Å². The first-order valence-electron chi connectivity index (χ1n) is 13.5. The number of fused-ring (bicyclic) bond motifs is 1. The molecule has 0 aromatic heterocycles. The quantitative estimate of drug-likeness (QED) is 0.170. The fourth-order valence-electron chi connectivity index (χ4n) is 5.20. The van der Waals surface area contributed by atoms with E-state index in [1.54, 1.807) is 44.2 Å². The van der Waals surface area contributed by atoms with Crippen LogP contribution in [0, 0.1) is 16.0 Å². The number of hydrogen-bond acceptors (Lipinski definition) is 10. The summed E-state index contributed by atoms with van der Waals surface area (Å²) < 4.78 is 10.9. The molecule has 4 rings (SSSR count). The fraction of sp³-hybridized carbons (Fsp3) is 0.367. The van der Waals surface area contributed by atoms with Crippen LogP contribution in [0.25, 0.3) is 0 Å². The van der Waals surface area contributed by atoms with E-state index in [2.05, 4.69) is 4.99 Å². The average Bonchev–Trinajstić information content (AvgIpc) is 3.20. The molecule has 0 radical (unpaired) electrons. The summed E-state index contributed by atoms with van der Waals surface area (Å²) >= 11 is 0. The van der Waals surface area contributed by atoms with Crippen LogP contribution in [0.5, 0.6) is 0 Å². The van der Waals surface area contributed by atoms with Crippen LogP contribution < -0.4 is 0 Å². The molecule has 2 aromatic rings. The molecule has 0 spiro atoms. The van der Waals surface area contributed by atoms with Crippen LogP contribution in [0.3, 0.4) is 0 Å². The Hall–Kier alpha value is -4.71. The van der Waals surface area contributed by atoms with Crippen molar-refractivity contribution in [2.75, 3.05) is 40.4 Å². The molecular weight excluding hydrogens is 544 g/mol. The second kappa shape index (κ2) is 12.9. The van der Waals surface area contributed by atoms with E-state index >= 15 is 0 Å². The number of amides is 2. The Kier molecular flexibility index (Phi) is 9.26. The van der Waals surface area contributed by atoms with Crippen molar-refractivity contribution < 1.29 is 33.6 Å². The third kappa shape index (κ3) is 6.13. The number of carbonyl (C=O) groups excluding carboxylic acids is 4. The molecule has 2 atom stereocenters. The number of esters is 2. The van der Waals surface area contributed by atoms with Crippen molar-refractivity contribution in [3.05, 3.63) is 86.6 Å². The number of benzene rings is 2. The van der Waals surface area contributed by atoms with E-state index < -0.39 is 40.5 Å². The number of imide groups is 1. The third-order valence-electron chi connectivity index (χ3n) is 7.15. The van der Waals surface area contributed by atoms with E-state index in [1.165, 1.54) is 18.2 Å². The number of carbonyl (C=O) groups is 4. The molecule has 42 heavy (non-hydrogen) atoms. The smallest absolute Gasteiger partial charge is 0.336 e. The lowest BCUT2D eigenvalue weighted by atomic mass is 9.74. The zero-order valence-corrected chi connectivity index (χ0v) is 23.9. The number of hydrogen-bond donors (Lipinski definition) is 0. The summed E-state index contributed by atoms with van der Waals surface area (Å²) in [7, 11) is 3.75. The highest BCUT2D eigenvalue weighted by Gasteiger charge is 2.44. The van der Waals surface area contributed by atoms with Gasteiger partial charge in [-0.2, -0.15) is 0 Å². The molecular formula is C30H32N4O8. The molecule has 12 heteroatoms. The molecule has 0 aliphatic carbocycles. The van der Waals surface area contributed by atoms with Gasteiger partial charge in [0.05, 0.1) is 34.8 Å². The van der Waals surface area contributed by atoms with Crippen molar-refractivity contribution in [2.24, 2.45) is 10.9 Å². The number of non-ortho nitro benzene ring substituents is 1. The van der Waals surface area contributed by atoms with Gasteiger partial charge in [-0.3, -0.25) is 34.4 Å². The molecule has 0 N–H and O–H groups in total. The number of rotatable bonds is 11. The Morgan fingerprint density at radius 3 is 2.31 bits per heavy atom. The number of nitro benzene ring substituents is 1. The Labute approximate surface area is 242 Å². The average molecular weight is 577 g/mol. The SMILES string of the molecule is CCOC(=O)C1C(CCN(C)C)=NC(C)=C(C(=O)OCCN2C(=O)c3ccccc3C2=O)C1c1cccc([N+](=O)[O-])c1. The largest absolute Gasteiger partial charge is 0.465 e. The van der Waals surface area contributed by atoms with E-state index in [1.807, 2.05) is 19.0 Å². The molecule has 0 fully saturated rings. The summed E-state index contributed by atoms with van der Waals surface area (Å²) in [6.45, 7) is 3.44. The summed E-state index contributed by atoms with van der Waals surface area (Å²) in [6, 6.07) is 12.2. The molecule has 220 valence electrons. The Bertz CT molecular complexity index is 1460. The van der Waals surface area contributed by atoms with E-state index in [0.29, 0.717) is 29.9 Å². The Morgan fingerprint density at radius 1 is 1.05 bits per heavy atom. The summed E-state index contributed by atoms with van der Waals surface area (Å²) in [5, 5.41) is 11.6. The van der Waals surface area contributed by atoms with E-state index in [9.17, 15) is 29.3 Å². The highest BCUT2D eigenvalue weighted by molar-refractivity contribution is 6.21. The third-order valence-corrected chi connectivity index (χ3v) is 7.15. The summed E-state index contributed by atoms with van der Waals surface area (Å²) in [4.78, 5) is 71.1. The van der Waals surface area contributed by atoms with E-state index in [0.717, 1.165) is 4.90 Å². The molecule has 2 aromatic carbocycles. The molecule has 2 amide bonds. The van der Waals surface area contributed by atoms with Crippen LogP contribution in [-0.2, 0) is 19.1 Å². The van der Waals surface area contributed by atoms with Crippen LogP contribution >= 0.6 is 0 Å². The highest BCUT2D eigenvalue weighted by Crippen LogP contribution is 2.41. The molecule has 0 bridgehead atoms. The van der Waals surface area contributed by atoms with Crippen molar-refractivity contribution in [1.82, 2.24) is 9.80 Å². The maximum atomic E-state index is 13.6. The lowest BCUT2D eigenvalue weighted by molar-refractivity contribution is -0.384. The van der Waals surface area contributed by atoms with Gasteiger partial charge in [-0.15, -0.1) is 0 Å². The topological polar surface area (TPSA) is 149 Å². The number of allylic oxidation sites excluding steroid dienone is 1. The first-order chi connectivity index (χ1) is 20.0. The zero-order valence-electron chi connectivity index (χ0n) is 23.9. The summed E-state index contributed by atoms with van der Waals surface area (Å²) in [5.41, 5.74) is 1.54. The van der Waals surface area contributed by atoms with E-state index in [4.69, 9.17) is 9.47 Å². The predicted octanol–water partition coefficient (Wildman–Crippen LogP) is 3.38. The van der Waals surface area contributed by atoms with Crippen molar-refractivity contribution in [3.63, 3.8) is 0 Å². The van der Waals surface area contributed by atoms with Gasteiger partial charge in [0.15, 0.2) is 0 Å². The second-order valence-corrected chi connectivity index (χ2v) is 10.2. The molecule has 2 unspecified atom stereocenters. The van der Waals surface area contributed by atoms with Gasteiger partial charge in [-0.25, -0.2) is 4.79 Å². The van der Waals surface area contributed by atoms with Crippen LogP contribution in [0.2, 0.25) is 0 Å². The molecule has 0 saturated carbocycles. The van der Waals surface area contributed by atoms with Crippen LogP contribution in [0.15, 0.2) is 64.8 Å². The number of aliphatic imine (C=N–C) groups is 1. The fourth-order valence-corrected chi connectivity index (χ4v) is 5.20. The molecule has 12 nitrogen and oxygen atoms in total. The standard InChI is InChI=1S/C30H32N4O8/c1-5-41-30(38)26-23(13-14-32(3)4)31-18(2)24(25(26)19-9-8-10-20(17-19)34(39)40)29(37)42-16-15-33-27(35)21-11-6-7-12-22(21)28(33)36/h6-12,17,25-26H,5,13-16H2,1-4H3. The predicted molar refractivity (Wildman–Crippen MR) is 152 cm³/mol. The number of ether oxygens (including phenoxy) is 2. The Balaban J connectivity index is 1.67. The lowest BCUT2D eigenvalue weighted by Gasteiger charge is -2.33. The molecule has 2 aliphatic rings. The Morgan fingerprint density at radius 2 is 1.71 bits per heavy atom. The minimum absolute atomic E-state index is 0.0458. The molecule has 2 aliphatic heterocycles. The van der Waals surface area contributed by atoms with Gasteiger partial charge < -0.3 is 14.4 Å². The van der Waals surface area contributed by atoms with Gasteiger partial charge in [0.1, 0.15) is 12.5 Å². The van der Waals surface area contributed by atoms with Crippen molar-refractivity contribution in [3.8, 4) is 0 Å². The molecule has 0 saturated heterocycles.